The Kier molecular flexibility index (Phi) is 10.2. The summed E-state index contributed by atoms with van der Waals surface area (Å²) in [7, 11) is 0. The van der Waals surface area contributed by atoms with E-state index in [1.165, 1.54) is 12.1 Å². The SMILES string of the molecule is O=[N+]([O-])c1ccc(NC2C(O)OC(CO)[C@@H](O)[C@@H]2O)c2nonc12.O=[N+]([O-])c1ccc(N[C@@H]2C(O)[C@@H](O)C(CO)O[C@@H]2O)c2nonc12. The number of nitrogens with zero attached hydrogens (tertiary/aromatic N) is 6. The topological polar surface area (TPSA) is 368 Å². The molecule has 24 nitrogen and oxygen atoms in total. The first-order chi connectivity index (χ1) is 22.9. The second kappa shape index (κ2) is 14.2. The maximum absolute atomic E-state index is 10.9. The summed E-state index contributed by atoms with van der Waals surface area (Å²) < 4.78 is 19.1. The smallest absolute Gasteiger partial charge is 0.300 e. The molecule has 10 atom stereocenters. The molecule has 24 heteroatoms. The Hall–Kier alpha value is -4.76. The minimum absolute atomic E-state index is 0.0161. The second-order valence-electron chi connectivity index (χ2n) is 10.5. The van der Waals surface area contributed by atoms with Crippen molar-refractivity contribution in [1.29, 1.82) is 0 Å². The van der Waals surface area contributed by atoms with Crippen LogP contribution in [0.4, 0.5) is 22.7 Å². The van der Waals surface area contributed by atoms with E-state index in [9.17, 15) is 50.9 Å². The first-order valence-electron chi connectivity index (χ1n) is 13.8. The van der Waals surface area contributed by atoms with Crippen LogP contribution in [-0.2, 0) is 9.47 Å². The van der Waals surface area contributed by atoms with Crippen molar-refractivity contribution >= 4 is 44.8 Å². The Morgan fingerprint density at radius 3 is 1.29 bits per heavy atom. The van der Waals surface area contributed by atoms with E-state index in [-0.39, 0.29) is 44.8 Å². The second-order valence-corrected chi connectivity index (χ2v) is 10.5. The summed E-state index contributed by atoms with van der Waals surface area (Å²) >= 11 is 0. The van der Waals surface area contributed by atoms with E-state index in [1.54, 1.807) is 0 Å². The van der Waals surface area contributed by atoms with Crippen LogP contribution in [-0.4, -0.2) is 146 Å². The van der Waals surface area contributed by atoms with Gasteiger partial charge in [0.05, 0.1) is 34.4 Å². The Morgan fingerprint density at radius 2 is 0.958 bits per heavy atom. The molecule has 260 valence electrons. The minimum Gasteiger partial charge on any atom is -0.394 e. The average Bonchev–Trinajstić information content (AvgIpc) is 3.76. The van der Waals surface area contributed by atoms with Crippen molar-refractivity contribution < 1.29 is 69.4 Å². The molecular weight excluding hydrogens is 656 g/mol. The largest absolute Gasteiger partial charge is 0.394 e. The molecule has 48 heavy (non-hydrogen) atoms. The van der Waals surface area contributed by atoms with Gasteiger partial charge in [0.2, 0.25) is 11.0 Å². The minimum atomic E-state index is -1.55. The average molecular weight is 685 g/mol. The molecule has 0 radical (unpaired) electrons. The van der Waals surface area contributed by atoms with E-state index in [0.717, 1.165) is 12.1 Å². The van der Waals surface area contributed by atoms with Crippen LogP contribution < -0.4 is 10.6 Å². The zero-order valence-electron chi connectivity index (χ0n) is 24.0. The lowest BCUT2D eigenvalue weighted by Gasteiger charge is -2.40. The van der Waals surface area contributed by atoms with E-state index in [0.29, 0.717) is 0 Å². The lowest BCUT2D eigenvalue weighted by Crippen LogP contribution is -2.61. The van der Waals surface area contributed by atoms with E-state index >= 15 is 0 Å². The molecular formula is C24H28N8O16. The summed E-state index contributed by atoms with van der Waals surface area (Å²) in [6.45, 7) is -1.17. The summed E-state index contributed by atoms with van der Waals surface area (Å²) in [6.07, 6.45) is -11.2. The number of fused-ring (bicyclic) bond motifs is 2. The van der Waals surface area contributed by atoms with Crippen LogP contribution >= 0.6 is 0 Å². The summed E-state index contributed by atoms with van der Waals surface area (Å²) in [5, 5.41) is 119. The molecule has 0 bridgehead atoms. The fraction of sp³-hybridized carbons (Fsp3) is 0.500. The van der Waals surface area contributed by atoms with Crippen molar-refractivity contribution in [1.82, 2.24) is 20.6 Å². The standard InChI is InChI=1S/2C12H14N4O8/c2*17-3-6-10(18)11(19)9(12(20)23-6)13-4-1-2-5(16(21)22)8-7(4)14-24-15-8/h2*1-2,6,9-13,17-20H,3H2/t6?,9?,10-,11-,12?;6?,9-,10+,11?,12+/m11/s1. The number of hydrogen-bond donors (Lipinski definition) is 10. The third-order valence-electron chi connectivity index (χ3n) is 7.63. The monoisotopic (exact) mass is 684 g/mol. The van der Waals surface area contributed by atoms with E-state index in [4.69, 9.17) is 19.7 Å². The summed E-state index contributed by atoms with van der Waals surface area (Å²) in [5.41, 5.74) is -0.475. The zero-order chi connectivity index (χ0) is 34.9. The molecule has 2 saturated heterocycles. The van der Waals surface area contributed by atoms with Gasteiger partial charge < -0.3 is 61.0 Å². The number of nitrogens with one attached hydrogen (secondary N) is 2. The molecule has 2 fully saturated rings. The lowest BCUT2D eigenvalue weighted by atomic mass is 9.96. The van der Waals surface area contributed by atoms with Crippen molar-refractivity contribution in [2.24, 2.45) is 0 Å². The van der Waals surface area contributed by atoms with Gasteiger partial charge in [-0.05, 0) is 32.8 Å². The first-order valence-corrected chi connectivity index (χ1v) is 13.8. The molecule has 2 aromatic heterocycles. The number of anilines is 2. The molecule has 6 rings (SSSR count). The van der Waals surface area contributed by atoms with E-state index in [1.807, 2.05) is 0 Å². The van der Waals surface area contributed by atoms with Crippen LogP contribution in [0.3, 0.4) is 0 Å². The summed E-state index contributed by atoms with van der Waals surface area (Å²) in [5.74, 6) is 0. The van der Waals surface area contributed by atoms with Gasteiger partial charge in [-0.1, -0.05) is 0 Å². The number of aliphatic hydroxyl groups excluding tert-OH is 8. The highest BCUT2D eigenvalue weighted by molar-refractivity contribution is 5.94. The Labute approximate surface area is 264 Å². The number of nitro benzene ring substituents is 2. The van der Waals surface area contributed by atoms with Gasteiger partial charge in [0.1, 0.15) is 48.7 Å². The van der Waals surface area contributed by atoms with Gasteiger partial charge in [0.15, 0.2) is 23.6 Å². The highest BCUT2D eigenvalue weighted by atomic mass is 16.6. The van der Waals surface area contributed by atoms with E-state index < -0.39 is 84.3 Å². The third kappa shape index (κ3) is 6.52. The summed E-state index contributed by atoms with van der Waals surface area (Å²) in [6, 6.07) is 2.56. The zero-order valence-corrected chi connectivity index (χ0v) is 24.0. The molecule has 2 aliphatic heterocycles. The van der Waals surface area contributed by atoms with Gasteiger partial charge in [-0.3, -0.25) is 20.2 Å². The number of ether oxygens (including phenoxy) is 2. The number of rotatable bonds is 8. The van der Waals surface area contributed by atoms with Crippen LogP contribution in [0.5, 0.6) is 0 Å². The molecule has 0 amide bonds. The van der Waals surface area contributed by atoms with Crippen molar-refractivity contribution in [3.8, 4) is 0 Å². The Morgan fingerprint density at radius 1 is 0.604 bits per heavy atom. The molecule has 0 saturated carbocycles. The molecule has 2 aliphatic rings. The Balaban J connectivity index is 0.000000188. The van der Waals surface area contributed by atoms with Crippen molar-refractivity contribution in [3.05, 3.63) is 44.5 Å². The molecule has 0 aliphatic carbocycles. The number of hydrogen-bond acceptors (Lipinski definition) is 22. The molecule has 5 unspecified atom stereocenters. The summed E-state index contributed by atoms with van der Waals surface area (Å²) in [4.78, 5) is 20.6. The van der Waals surface area contributed by atoms with E-state index in [2.05, 4.69) is 40.5 Å². The number of non-ortho nitro benzene ring substituents is 2. The molecule has 2 aromatic carbocycles. The first kappa shape index (κ1) is 34.6. The predicted molar refractivity (Wildman–Crippen MR) is 152 cm³/mol. The van der Waals surface area contributed by atoms with Gasteiger partial charge in [0.25, 0.3) is 0 Å². The fourth-order valence-corrected chi connectivity index (χ4v) is 5.10. The number of benzene rings is 2. The molecule has 0 spiro atoms. The van der Waals surface area contributed by atoms with Gasteiger partial charge >= 0.3 is 11.4 Å². The molecule has 4 heterocycles. The van der Waals surface area contributed by atoms with Crippen LogP contribution in [0.2, 0.25) is 0 Å². The van der Waals surface area contributed by atoms with Crippen molar-refractivity contribution in [3.63, 3.8) is 0 Å². The fourth-order valence-electron chi connectivity index (χ4n) is 5.10. The normalized spacial score (nSPS) is 30.4. The number of aromatic nitrogens is 4. The maximum atomic E-state index is 10.9. The van der Waals surface area contributed by atoms with Crippen molar-refractivity contribution in [2.75, 3.05) is 23.8 Å². The molecule has 4 aromatic rings. The van der Waals surface area contributed by atoms with Crippen molar-refractivity contribution in [2.45, 2.75) is 61.3 Å². The lowest BCUT2D eigenvalue weighted by molar-refractivity contribution is -0.383. The number of aliphatic hydroxyl groups is 8. The van der Waals surface area contributed by atoms with Gasteiger partial charge in [0, 0.05) is 12.1 Å². The van der Waals surface area contributed by atoms with Gasteiger partial charge in [-0.2, -0.15) is 0 Å². The van der Waals surface area contributed by atoms with Crippen LogP contribution in [0.25, 0.3) is 22.1 Å². The van der Waals surface area contributed by atoms with Crippen LogP contribution in [0, 0.1) is 20.2 Å². The molecule has 10 N–H and O–H groups in total. The van der Waals surface area contributed by atoms with Crippen LogP contribution in [0.1, 0.15) is 0 Å². The highest BCUT2D eigenvalue weighted by Crippen LogP contribution is 2.33. The third-order valence-corrected chi connectivity index (χ3v) is 7.63. The quantitative estimate of drug-likeness (QED) is 0.0641. The predicted octanol–water partition coefficient (Wildman–Crippen LogP) is -3.31. The Bertz CT molecular complexity index is 1630. The van der Waals surface area contributed by atoms with Gasteiger partial charge in [-0.15, -0.1) is 0 Å². The number of nitro groups is 2. The van der Waals surface area contributed by atoms with Gasteiger partial charge in [-0.25, -0.2) is 9.26 Å². The van der Waals surface area contributed by atoms with Crippen LogP contribution in [0.15, 0.2) is 33.5 Å². The highest BCUT2D eigenvalue weighted by Gasteiger charge is 2.45. The maximum Gasteiger partial charge on any atom is 0.300 e.